The average Bonchev–Trinajstić information content (AvgIpc) is 3.33. The molecule has 0 radical (unpaired) electrons. The van der Waals surface area contributed by atoms with Crippen molar-refractivity contribution in [2.24, 2.45) is 4.99 Å². The predicted molar refractivity (Wildman–Crippen MR) is 172 cm³/mol. The first kappa shape index (κ1) is 26.9. The highest BCUT2D eigenvalue weighted by Crippen LogP contribution is 2.40. The minimum Gasteiger partial charge on any atom is -0.496 e. The van der Waals surface area contributed by atoms with E-state index in [1.54, 1.807) is 25.5 Å². The van der Waals surface area contributed by atoms with Crippen molar-refractivity contribution in [3.05, 3.63) is 133 Å². The van der Waals surface area contributed by atoms with E-state index < -0.39 is 12.0 Å². The Kier molecular flexibility index (Phi) is 6.67. The van der Waals surface area contributed by atoms with Crippen LogP contribution in [-0.4, -0.2) is 24.3 Å². The number of allylic oxidation sites excluding steroid dienone is 1. The van der Waals surface area contributed by atoms with Crippen molar-refractivity contribution < 1.29 is 14.3 Å². The van der Waals surface area contributed by atoms with E-state index in [1.807, 2.05) is 66.7 Å². The van der Waals surface area contributed by atoms with E-state index in [4.69, 9.17) is 14.5 Å². The molecule has 0 N–H and O–H groups in total. The highest BCUT2D eigenvalue weighted by molar-refractivity contribution is 7.07. The topological polar surface area (TPSA) is 69.9 Å². The molecular formula is C36H28N2O4S. The van der Waals surface area contributed by atoms with Crippen LogP contribution >= 0.6 is 11.3 Å². The molecule has 1 atom stereocenters. The van der Waals surface area contributed by atoms with Gasteiger partial charge in [0.05, 0.1) is 29.5 Å². The van der Waals surface area contributed by atoms with Crippen LogP contribution in [0.25, 0.3) is 38.4 Å². The maximum atomic E-state index is 14.5. The fraction of sp³-hybridized carbons (Fsp3) is 0.139. The van der Waals surface area contributed by atoms with Gasteiger partial charge in [0.2, 0.25) is 0 Å². The van der Waals surface area contributed by atoms with Crippen LogP contribution in [0.3, 0.4) is 0 Å². The van der Waals surface area contributed by atoms with Crippen LogP contribution in [0.5, 0.6) is 5.75 Å². The molecule has 7 heteroatoms. The number of benzene rings is 5. The van der Waals surface area contributed by atoms with Gasteiger partial charge in [0.25, 0.3) is 5.56 Å². The van der Waals surface area contributed by atoms with Gasteiger partial charge in [-0.15, -0.1) is 0 Å². The second-order valence-corrected chi connectivity index (χ2v) is 11.4. The van der Waals surface area contributed by atoms with Gasteiger partial charge in [0.1, 0.15) is 11.8 Å². The van der Waals surface area contributed by atoms with Crippen molar-refractivity contribution in [1.82, 2.24) is 4.57 Å². The van der Waals surface area contributed by atoms with E-state index in [1.165, 1.54) is 11.3 Å². The summed E-state index contributed by atoms with van der Waals surface area (Å²) in [5, 5.41) is 6.17. The van der Waals surface area contributed by atoms with Crippen LogP contribution < -0.4 is 19.6 Å². The standard InChI is InChI=1S/C36H28N2O4S/c1-4-42-35(40)31-21(2)37-36-38(33(31)32-27-16-10-5-11-22(27)17-18-29(32)41-3)34(39)30(43-36)20-28-25-14-8-6-12-23(25)19-24-13-7-9-15-26(24)28/h5-20,33H,4H2,1-3H3/b30-20-. The molecule has 7 rings (SSSR count). The largest absolute Gasteiger partial charge is 0.496 e. The first-order chi connectivity index (χ1) is 21.0. The van der Waals surface area contributed by atoms with Crippen molar-refractivity contribution in [2.75, 3.05) is 13.7 Å². The Morgan fingerprint density at radius 1 is 0.907 bits per heavy atom. The van der Waals surface area contributed by atoms with Gasteiger partial charge in [-0.3, -0.25) is 9.36 Å². The van der Waals surface area contributed by atoms with Crippen LogP contribution in [0, 0.1) is 0 Å². The lowest BCUT2D eigenvalue weighted by Crippen LogP contribution is -2.40. The summed E-state index contributed by atoms with van der Waals surface area (Å²) in [7, 11) is 1.60. The molecule has 2 heterocycles. The molecule has 0 spiro atoms. The molecule has 1 unspecified atom stereocenters. The van der Waals surface area contributed by atoms with Crippen molar-refractivity contribution in [1.29, 1.82) is 0 Å². The van der Waals surface area contributed by atoms with Gasteiger partial charge in [0.15, 0.2) is 4.80 Å². The van der Waals surface area contributed by atoms with Gasteiger partial charge >= 0.3 is 5.97 Å². The van der Waals surface area contributed by atoms with Gasteiger partial charge < -0.3 is 9.47 Å². The molecule has 1 aromatic heterocycles. The van der Waals surface area contributed by atoms with Crippen molar-refractivity contribution in [2.45, 2.75) is 19.9 Å². The number of carbonyl (C=O) groups excluding carboxylic acids is 1. The highest BCUT2D eigenvalue weighted by atomic mass is 32.1. The lowest BCUT2D eigenvalue weighted by Gasteiger charge is -2.27. The van der Waals surface area contributed by atoms with Gasteiger partial charge in [-0.1, -0.05) is 90.2 Å². The lowest BCUT2D eigenvalue weighted by molar-refractivity contribution is -0.139. The molecule has 43 heavy (non-hydrogen) atoms. The summed E-state index contributed by atoms with van der Waals surface area (Å²) in [6.07, 6.45) is 1.97. The van der Waals surface area contributed by atoms with E-state index in [2.05, 4.69) is 30.3 Å². The summed E-state index contributed by atoms with van der Waals surface area (Å²) < 4.78 is 13.5. The Bertz CT molecular complexity index is 2260. The quantitative estimate of drug-likeness (QED) is 0.177. The first-order valence-corrected chi connectivity index (χ1v) is 15.0. The number of ether oxygens (including phenoxy) is 2. The summed E-state index contributed by atoms with van der Waals surface area (Å²) in [4.78, 5) is 33.4. The lowest BCUT2D eigenvalue weighted by atomic mass is 9.90. The van der Waals surface area contributed by atoms with E-state index in [9.17, 15) is 9.59 Å². The average molecular weight is 585 g/mol. The second kappa shape index (κ2) is 10.7. The first-order valence-electron chi connectivity index (χ1n) is 14.2. The number of hydrogen-bond acceptors (Lipinski definition) is 6. The summed E-state index contributed by atoms with van der Waals surface area (Å²) in [6, 6.07) is 29.5. The number of carbonyl (C=O) groups is 1. The normalized spacial score (nSPS) is 15.1. The summed E-state index contributed by atoms with van der Waals surface area (Å²) in [6.45, 7) is 3.77. The van der Waals surface area contributed by atoms with E-state index >= 15 is 0 Å². The fourth-order valence-corrected chi connectivity index (χ4v) is 7.16. The summed E-state index contributed by atoms with van der Waals surface area (Å²) >= 11 is 1.32. The number of fused-ring (bicyclic) bond motifs is 4. The predicted octanol–water partition coefficient (Wildman–Crippen LogP) is 6.27. The minimum atomic E-state index is -0.789. The molecule has 1 aliphatic heterocycles. The Morgan fingerprint density at radius 3 is 2.19 bits per heavy atom. The molecule has 5 aromatic carbocycles. The number of aromatic nitrogens is 1. The van der Waals surface area contributed by atoms with E-state index in [0.29, 0.717) is 26.4 Å². The third kappa shape index (κ3) is 4.35. The SMILES string of the molecule is CCOC(=O)C1=C(C)N=c2s/c(=C\c3c4ccccc4cc4ccccc34)c(=O)n2C1c1c(OC)ccc2ccccc12. The molecule has 0 amide bonds. The molecule has 0 aliphatic carbocycles. The number of hydrogen-bond donors (Lipinski definition) is 0. The van der Waals surface area contributed by atoms with Gasteiger partial charge in [-0.2, -0.15) is 0 Å². The van der Waals surface area contributed by atoms with E-state index in [-0.39, 0.29) is 12.2 Å². The zero-order valence-corrected chi connectivity index (χ0v) is 24.8. The third-order valence-corrected chi connectivity index (χ3v) is 9.01. The van der Waals surface area contributed by atoms with E-state index in [0.717, 1.165) is 43.4 Å². The third-order valence-electron chi connectivity index (χ3n) is 8.03. The maximum Gasteiger partial charge on any atom is 0.338 e. The molecule has 0 saturated heterocycles. The highest BCUT2D eigenvalue weighted by Gasteiger charge is 2.36. The van der Waals surface area contributed by atoms with Gasteiger partial charge in [0, 0.05) is 5.56 Å². The van der Waals surface area contributed by atoms with Gasteiger partial charge in [-0.25, -0.2) is 9.79 Å². The Balaban J connectivity index is 1.57. The molecule has 6 nitrogen and oxygen atoms in total. The van der Waals surface area contributed by atoms with Crippen molar-refractivity contribution in [3.8, 4) is 5.75 Å². The molecule has 6 aromatic rings. The molecular weight excluding hydrogens is 556 g/mol. The number of thiazole rings is 1. The fourth-order valence-electron chi connectivity index (χ4n) is 6.14. The number of esters is 1. The van der Waals surface area contributed by atoms with Gasteiger partial charge in [-0.05, 0) is 69.9 Å². The number of nitrogens with zero attached hydrogens (tertiary/aromatic N) is 2. The van der Waals surface area contributed by atoms with Crippen LogP contribution in [0.15, 0.2) is 112 Å². The second-order valence-electron chi connectivity index (χ2n) is 10.4. The minimum absolute atomic E-state index is 0.202. The van der Waals surface area contributed by atoms with Crippen LogP contribution in [0.1, 0.15) is 31.0 Å². The van der Waals surface area contributed by atoms with Crippen LogP contribution in [0.2, 0.25) is 0 Å². The molecule has 0 saturated carbocycles. The number of rotatable bonds is 5. The number of methoxy groups -OCH3 is 1. The molecule has 212 valence electrons. The Morgan fingerprint density at radius 2 is 1.53 bits per heavy atom. The Labute approximate surface area is 251 Å². The monoisotopic (exact) mass is 584 g/mol. The summed E-state index contributed by atoms with van der Waals surface area (Å²) in [5.41, 5.74) is 2.31. The zero-order chi connectivity index (χ0) is 29.7. The van der Waals surface area contributed by atoms with Crippen molar-refractivity contribution in [3.63, 3.8) is 0 Å². The van der Waals surface area contributed by atoms with Crippen LogP contribution in [-0.2, 0) is 9.53 Å². The molecule has 0 bridgehead atoms. The molecule has 0 fully saturated rings. The van der Waals surface area contributed by atoms with Crippen molar-refractivity contribution >= 4 is 55.7 Å². The molecule has 1 aliphatic rings. The maximum absolute atomic E-state index is 14.5. The summed E-state index contributed by atoms with van der Waals surface area (Å²) in [5.74, 6) is 0.0767. The Hall–Kier alpha value is -5.01. The van der Waals surface area contributed by atoms with Crippen LogP contribution in [0.4, 0.5) is 0 Å². The zero-order valence-electron chi connectivity index (χ0n) is 24.0. The smallest absolute Gasteiger partial charge is 0.338 e.